The van der Waals surface area contributed by atoms with Gasteiger partial charge in [0.2, 0.25) is 0 Å². The minimum atomic E-state index is -4.33. The van der Waals surface area contributed by atoms with Gasteiger partial charge >= 0.3 is 6.18 Å². The van der Waals surface area contributed by atoms with Gasteiger partial charge in [0.1, 0.15) is 17.0 Å². The summed E-state index contributed by atoms with van der Waals surface area (Å²) in [4.78, 5) is 7.54. The first-order valence-corrected chi connectivity index (χ1v) is 6.85. The number of alkyl halides is 3. The van der Waals surface area contributed by atoms with Crippen LogP contribution in [0, 0.1) is 0 Å². The zero-order chi connectivity index (χ0) is 15.0. The molecule has 0 radical (unpaired) electrons. The summed E-state index contributed by atoms with van der Waals surface area (Å²) in [6.07, 6.45) is -1.40. The molecule has 0 amide bonds. The number of fused-ring (bicyclic) bond motifs is 1. The Hall–Kier alpha value is -2.16. The van der Waals surface area contributed by atoms with E-state index in [2.05, 4.69) is 20.4 Å². The van der Waals surface area contributed by atoms with Gasteiger partial charge in [0.25, 0.3) is 0 Å². The fourth-order valence-electron chi connectivity index (χ4n) is 2.01. The minimum Gasteiger partial charge on any atom is -0.365 e. The number of aromatic nitrogens is 4. The van der Waals surface area contributed by atoms with Gasteiger partial charge in [-0.1, -0.05) is 0 Å². The third kappa shape index (κ3) is 2.56. The second-order valence-corrected chi connectivity index (χ2v) is 5.27. The fourth-order valence-corrected chi connectivity index (χ4v) is 2.80. The molecule has 0 aliphatic carbocycles. The maximum atomic E-state index is 12.8. The first-order valence-electron chi connectivity index (χ1n) is 5.97. The highest BCUT2D eigenvalue weighted by Gasteiger charge is 2.34. The van der Waals surface area contributed by atoms with Crippen LogP contribution < -0.4 is 5.32 Å². The molecule has 3 rings (SSSR count). The van der Waals surface area contributed by atoms with Crippen LogP contribution in [-0.4, -0.2) is 19.7 Å². The predicted molar refractivity (Wildman–Crippen MR) is 73.0 cm³/mol. The Morgan fingerprint density at radius 3 is 2.90 bits per heavy atom. The van der Waals surface area contributed by atoms with E-state index in [0.29, 0.717) is 28.2 Å². The number of nitrogens with one attached hydrogen (secondary N) is 1. The van der Waals surface area contributed by atoms with E-state index in [9.17, 15) is 13.2 Å². The van der Waals surface area contributed by atoms with Crippen molar-refractivity contribution in [3.8, 4) is 0 Å². The minimum absolute atomic E-state index is 0.0410. The molecule has 5 nitrogen and oxygen atoms in total. The summed E-state index contributed by atoms with van der Waals surface area (Å²) in [6, 6.07) is 1.46. The Kier molecular flexibility index (Phi) is 3.28. The molecule has 0 aliphatic heterocycles. The van der Waals surface area contributed by atoms with Crippen LogP contribution >= 0.6 is 11.3 Å². The molecule has 0 saturated heterocycles. The number of anilines is 1. The molecule has 110 valence electrons. The van der Waals surface area contributed by atoms with Crippen molar-refractivity contribution >= 4 is 28.2 Å². The number of nitrogens with zero attached hydrogens (tertiary/aromatic N) is 4. The number of thiophene rings is 1. The van der Waals surface area contributed by atoms with Gasteiger partial charge < -0.3 is 5.32 Å². The average molecular weight is 313 g/mol. The van der Waals surface area contributed by atoms with Crippen LogP contribution in [0.5, 0.6) is 0 Å². The standard InChI is InChI=1S/C12H10F3N5S/c1-20-11-8(5-19-20)10(17-6-18-11)16-4-7-2-3-21-9(7)12(13,14)15/h2-3,5-6H,4H2,1H3,(H,16,17,18). The van der Waals surface area contributed by atoms with E-state index >= 15 is 0 Å². The summed E-state index contributed by atoms with van der Waals surface area (Å²) < 4.78 is 40.0. The monoisotopic (exact) mass is 313 g/mol. The molecular weight excluding hydrogens is 303 g/mol. The summed E-state index contributed by atoms with van der Waals surface area (Å²) in [5, 5.41) is 9.07. The van der Waals surface area contributed by atoms with Crippen molar-refractivity contribution in [3.05, 3.63) is 34.4 Å². The average Bonchev–Trinajstić information content (AvgIpc) is 3.03. The molecule has 0 fully saturated rings. The predicted octanol–water partition coefficient (Wildman–Crippen LogP) is 3.06. The van der Waals surface area contributed by atoms with Crippen LogP contribution in [0.1, 0.15) is 10.4 Å². The molecule has 0 spiro atoms. The smallest absolute Gasteiger partial charge is 0.365 e. The highest BCUT2D eigenvalue weighted by atomic mass is 32.1. The normalized spacial score (nSPS) is 12.0. The molecule has 3 heterocycles. The fraction of sp³-hybridized carbons (Fsp3) is 0.250. The third-order valence-electron chi connectivity index (χ3n) is 2.98. The van der Waals surface area contributed by atoms with E-state index in [-0.39, 0.29) is 12.1 Å². The maximum absolute atomic E-state index is 12.8. The Morgan fingerprint density at radius 1 is 1.33 bits per heavy atom. The van der Waals surface area contributed by atoms with Crippen molar-refractivity contribution in [1.82, 2.24) is 19.7 Å². The Labute approximate surface area is 121 Å². The topological polar surface area (TPSA) is 55.6 Å². The van der Waals surface area contributed by atoms with Crippen molar-refractivity contribution in [2.45, 2.75) is 12.7 Å². The molecule has 0 atom stereocenters. The number of rotatable bonds is 3. The molecule has 0 unspecified atom stereocenters. The van der Waals surface area contributed by atoms with Crippen molar-refractivity contribution in [1.29, 1.82) is 0 Å². The van der Waals surface area contributed by atoms with E-state index in [0.717, 1.165) is 0 Å². The van der Waals surface area contributed by atoms with Crippen molar-refractivity contribution in [2.75, 3.05) is 5.32 Å². The maximum Gasteiger partial charge on any atom is 0.425 e. The van der Waals surface area contributed by atoms with Gasteiger partial charge in [-0.25, -0.2) is 9.97 Å². The molecular formula is C12H10F3N5S. The summed E-state index contributed by atoms with van der Waals surface area (Å²) in [7, 11) is 1.74. The molecule has 0 aromatic carbocycles. The molecule has 3 aromatic rings. The second-order valence-electron chi connectivity index (χ2n) is 4.35. The van der Waals surface area contributed by atoms with E-state index in [1.165, 1.54) is 17.8 Å². The van der Waals surface area contributed by atoms with Gasteiger partial charge in [-0.05, 0) is 17.0 Å². The first-order chi connectivity index (χ1) is 9.97. The third-order valence-corrected chi connectivity index (χ3v) is 3.98. The summed E-state index contributed by atoms with van der Waals surface area (Å²) in [5.41, 5.74) is 0.817. The van der Waals surface area contributed by atoms with Crippen LogP contribution in [0.4, 0.5) is 19.0 Å². The zero-order valence-corrected chi connectivity index (χ0v) is 11.7. The Balaban J connectivity index is 1.86. The number of aryl methyl sites for hydroxylation is 1. The van der Waals surface area contributed by atoms with Crippen molar-refractivity contribution in [2.24, 2.45) is 7.05 Å². The van der Waals surface area contributed by atoms with Gasteiger partial charge in [-0.2, -0.15) is 18.3 Å². The molecule has 0 bridgehead atoms. The number of hydrogen-bond acceptors (Lipinski definition) is 5. The Morgan fingerprint density at radius 2 is 2.14 bits per heavy atom. The van der Waals surface area contributed by atoms with Gasteiger partial charge in [-0.3, -0.25) is 4.68 Å². The first kappa shape index (κ1) is 13.8. The van der Waals surface area contributed by atoms with E-state index in [1.807, 2.05) is 0 Å². The molecule has 9 heteroatoms. The lowest BCUT2D eigenvalue weighted by Crippen LogP contribution is -2.09. The quantitative estimate of drug-likeness (QED) is 0.807. The molecule has 0 saturated carbocycles. The van der Waals surface area contributed by atoms with E-state index < -0.39 is 11.1 Å². The summed E-state index contributed by atoms with van der Waals surface area (Å²) in [5.74, 6) is 0.465. The summed E-state index contributed by atoms with van der Waals surface area (Å²) >= 11 is 0.685. The lowest BCUT2D eigenvalue weighted by Gasteiger charge is -2.09. The highest BCUT2D eigenvalue weighted by Crippen LogP contribution is 2.36. The lowest BCUT2D eigenvalue weighted by atomic mass is 10.2. The van der Waals surface area contributed by atoms with Gasteiger partial charge in [-0.15, -0.1) is 11.3 Å². The van der Waals surface area contributed by atoms with E-state index in [1.54, 1.807) is 17.9 Å². The van der Waals surface area contributed by atoms with Crippen molar-refractivity contribution in [3.63, 3.8) is 0 Å². The Bertz CT molecular complexity index is 777. The molecule has 3 aromatic heterocycles. The number of hydrogen-bond donors (Lipinski definition) is 1. The molecule has 0 aliphatic rings. The van der Waals surface area contributed by atoms with Gasteiger partial charge in [0, 0.05) is 13.6 Å². The zero-order valence-electron chi connectivity index (χ0n) is 10.8. The highest BCUT2D eigenvalue weighted by molar-refractivity contribution is 7.10. The largest absolute Gasteiger partial charge is 0.425 e. The van der Waals surface area contributed by atoms with Gasteiger partial charge in [0.15, 0.2) is 5.65 Å². The lowest BCUT2D eigenvalue weighted by molar-refractivity contribution is -0.134. The van der Waals surface area contributed by atoms with Gasteiger partial charge in [0.05, 0.1) is 11.6 Å². The molecule has 1 N–H and O–H groups in total. The molecule has 21 heavy (non-hydrogen) atoms. The van der Waals surface area contributed by atoms with E-state index in [4.69, 9.17) is 0 Å². The van der Waals surface area contributed by atoms with Crippen molar-refractivity contribution < 1.29 is 13.2 Å². The number of halogens is 3. The van der Waals surface area contributed by atoms with Crippen LogP contribution in [0.2, 0.25) is 0 Å². The van der Waals surface area contributed by atoms with Crippen LogP contribution in [-0.2, 0) is 19.8 Å². The van der Waals surface area contributed by atoms with Crippen LogP contribution in [0.15, 0.2) is 24.0 Å². The van der Waals surface area contributed by atoms with Crippen LogP contribution in [0.25, 0.3) is 11.0 Å². The SMILES string of the molecule is Cn1ncc2c(NCc3ccsc3C(F)(F)F)ncnc21. The summed E-state index contributed by atoms with van der Waals surface area (Å²) in [6.45, 7) is 0.0410. The second kappa shape index (κ2) is 4.99. The van der Waals surface area contributed by atoms with Crippen LogP contribution in [0.3, 0.4) is 0 Å².